The van der Waals surface area contributed by atoms with Gasteiger partial charge in [0.15, 0.2) is 5.13 Å². The number of aromatic nitrogens is 1. The minimum atomic E-state index is 0.349. The van der Waals surface area contributed by atoms with Crippen LogP contribution in [-0.4, -0.2) is 37.8 Å². The highest BCUT2D eigenvalue weighted by molar-refractivity contribution is 7.15. The molecule has 2 rings (SSSR count). The van der Waals surface area contributed by atoms with Gasteiger partial charge in [-0.3, -0.25) is 0 Å². The molecule has 4 nitrogen and oxygen atoms in total. The largest absolute Gasteiger partial charge is 0.376 e. The third kappa shape index (κ3) is 3.22. The Labute approximate surface area is 113 Å². The van der Waals surface area contributed by atoms with E-state index in [1.54, 1.807) is 11.3 Å². The molecular weight excluding hydrogens is 246 g/mol. The number of ether oxygens (including phenoxy) is 1. The van der Waals surface area contributed by atoms with Crippen molar-refractivity contribution in [3.8, 4) is 0 Å². The van der Waals surface area contributed by atoms with Crippen LogP contribution in [0.5, 0.6) is 0 Å². The van der Waals surface area contributed by atoms with Crippen molar-refractivity contribution in [2.75, 3.05) is 31.6 Å². The molecule has 1 aromatic rings. The van der Waals surface area contributed by atoms with Gasteiger partial charge in [0.05, 0.1) is 6.10 Å². The topological polar surface area (TPSA) is 37.4 Å². The minimum absolute atomic E-state index is 0.349. The zero-order valence-electron chi connectivity index (χ0n) is 11.5. The van der Waals surface area contributed by atoms with Crippen LogP contribution in [0.2, 0.25) is 0 Å². The zero-order valence-corrected chi connectivity index (χ0v) is 12.3. The highest BCUT2D eigenvalue weighted by atomic mass is 32.1. The van der Waals surface area contributed by atoms with Crippen molar-refractivity contribution in [3.05, 3.63) is 11.1 Å². The average molecular weight is 269 g/mol. The fraction of sp³-hybridized carbons (Fsp3) is 0.769. The molecule has 1 fully saturated rings. The fourth-order valence-corrected chi connectivity index (χ4v) is 3.09. The lowest BCUT2D eigenvalue weighted by Gasteiger charge is -2.22. The first-order valence-electron chi connectivity index (χ1n) is 6.74. The van der Waals surface area contributed by atoms with Gasteiger partial charge in [-0.05, 0) is 26.8 Å². The van der Waals surface area contributed by atoms with Gasteiger partial charge in [-0.2, -0.15) is 0 Å². The van der Waals surface area contributed by atoms with Gasteiger partial charge in [0.1, 0.15) is 0 Å². The Hall–Kier alpha value is -0.650. The SMILES string of the molecule is CCC1CN(c2ncc(C(C)NC)s2)CCCO1. The number of hydrogen-bond acceptors (Lipinski definition) is 5. The van der Waals surface area contributed by atoms with Crippen molar-refractivity contribution in [2.24, 2.45) is 0 Å². The molecule has 18 heavy (non-hydrogen) atoms. The van der Waals surface area contributed by atoms with Crippen LogP contribution >= 0.6 is 11.3 Å². The molecule has 2 heterocycles. The summed E-state index contributed by atoms with van der Waals surface area (Å²) in [6, 6.07) is 0.376. The molecule has 2 atom stereocenters. The number of thiazole rings is 1. The molecule has 0 amide bonds. The van der Waals surface area contributed by atoms with E-state index in [1.165, 1.54) is 4.88 Å². The van der Waals surface area contributed by atoms with Gasteiger partial charge >= 0.3 is 0 Å². The fourth-order valence-electron chi connectivity index (χ4n) is 2.08. The lowest BCUT2D eigenvalue weighted by Crippen LogP contribution is -2.31. The Morgan fingerprint density at radius 3 is 3.22 bits per heavy atom. The summed E-state index contributed by atoms with van der Waals surface area (Å²) in [5.41, 5.74) is 0. The Balaban J connectivity index is 2.07. The van der Waals surface area contributed by atoms with Crippen LogP contribution in [0.25, 0.3) is 0 Å². The quantitative estimate of drug-likeness (QED) is 0.911. The van der Waals surface area contributed by atoms with Crippen molar-refractivity contribution < 1.29 is 4.74 Å². The van der Waals surface area contributed by atoms with Crippen molar-refractivity contribution >= 4 is 16.5 Å². The molecule has 5 heteroatoms. The van der Waals surface area contributed by atoms with Gasteiger partial charge < -0.3 is 15.0 Å². The molecule has 1 aliphatic heterocycles. The molecule has 0 aromatic carbocycles. The Bertz CT molecular complexity index is 369. The van der Waals surface area contributed by atoms with E-state index in [9.17, 15) is 0 Å². The van der Waals surface area contributed by atoms with Crippen LogP contribution in [-0.2, 0) is 4.74 Å². The summed E-state index contributed by atoms with van der Waals surface area (Å²) < 4.78 is 5.80. The van der Waals surface area contributed by atoms with Gasteiger partial charge in [0.25, 0.3) is 0 Å². The molecular formula is C13H23N3OS. The second-order valence-corrected chi connectivity index (χ2v) is 5.80. The van der Waals surface area contributed by atoms with Crippen LogP contribution in [0.4, 0.5) is 5.13 Å². The van der Waals surface area contributed by atoms with Crippen LogP contribution < -0.4 is 10.2 Å². The van der Waals surface area contributed by atoms with Gasteiger partial charge in [0.2, 0.25) is 0 Å². The lowest BCUT2D eigenvalue weighted by molar-refractivity contribution is 0.0664. The first-order valence-corrected chi connectivity index (χ1v) is 7.55. The third-order valence-corrected chi connectivity index (χ3v) is 4.69. The van der Waals surface area contributed by atoms with Gasteiger partial charge in [-0.15, -0.1) is 11.3 Å². The van der Waals surface area contributed by atoms with E-state index in [2.05, 4.69) is 29.0 Å². The van der Waals surface area contributed by atoms with Gasteiger partial charge in [-0.1, -0.05) is 6.92 Å². The average Bonchev–Trinajstić information content (AvgIpc) is 2.76. The smallest absolute Gasteiger partial charge is 0.185 e. The van der Waals surface area contributed by atoms with Crippen LogP contribution in [0.1, 0.15) is 37.6 Å². The Kier molecular flexibility index (Phi) is 4.97. The number of nitrogens with zero attached hydrogens (tertiary/aromatic N) is 2. The third-order valence-electron chi connectivity index (χ3n) is 3.45. The number of anilines is 1. The monoisotopic (exact) mass is 269 g/mol. The van der Waals surface area contributed by atoms with Crippen LogP contribution in [0.3, 0.4) is 0 Å². The van der Waals surface area contributed by atoms with Gasteiger partial charge in [0, 0.05) is 36.8 Å². The van der Waals surface area contributed by atoms with Crippen molar-refractivity contribution in [3.63, 3.8) is 0 Å². The van der Waals surface area contributed by atoms with Crippen molar-refractivity contribution in [1.82, 2.24) is 10.3 Å². The summed E-state index contributed by atoms with van der Waals surface area (Å²) in [6.45, 7) is 7.25. The van der Waals surface area contributed by atoms with E-state index >= 15 is 0 Å². The molecule has 102 valence electrons. The number of rotatable bonds is 4. The molecule has 1 N–H and O–H groups in total. The molecule has 0 bridgehead atoms. The van der Waals surface area contributed by atoms with Crippen molar-refractivity contribution in [1.29, 1.82) is 0 Å². The van der Waals surface area contributed by atoms with Gasteiger partial charge in [-0.25, -0.2) is 4.98 Å². The second-order valence-electron chi connectivity index (χ2n) is 4.76. The Morgan fingerprint density at radius 1 is 1.67 bits per heavy atom. The van der Waals surface area contributed by atoms with E-state index in [0.29, 0.717) is 12.1 Å². The summed E-state index contributed by atoms with van der Waals surface area (Å²) in [5.74, 6) is 0. The summed E-state index contributed by atoms with van der Waals surface area (Å²) in [7, 11) is 1.98. The van der Waals surface area contributed by atoms with Crippen LogP contribution in [0, 0.1) is 0 Å². The molecule has 0 radical (unpaired) electrons. The maximum atomic E-state index is 5.80. The number of hydrogen-bond donors (Lipinski definition) is 1. The minimum Gasteiger partial charge on any atom is -0.376 e. The molecule has 1 aliphatic rings. The summed E-state index contributed by atoms with van der Waals surface area (Å²) in [6.07, 6.45) is 4.50. The summed E-state index contributed by atoms with van der Waals surface area (Å²) >= 11 is 1.79. The zero-order chi connectivity index (χ0) is 13.0. The molecule has 0 aliphatic carbocycles. The van der Waals surface area contributed by atoms with Crippen LogP contribution in [0.15, 0.2) is 6.20 Å². The molecule has 1 saturated heterocycles. The van der Waals surface area contributed by atoms with E-state index in [4.69, 9.17) is 4.74 Å². The molecule has 0 spiro atoms. The summed E-state index contributed by atoms with van der Waals surface area (Å²) in [4.78, 5) is 8.24. The Morgan fingerprint density at radius 2 is 2.50 bits per heavy atom. The first kappa shape index (κ1) is 13.8. The molecule has 0 saturated carbocycles. The first-order chi connectivity index (χ1) is 8.74. The molecule has 1 aromatic heterocycles. The number of nitrogens with one attached hydrogen (secondary N) is 1. The maximum absolute atomic E-state index is 5.80. The van der Waals surface area contributed by atoms with E-state index in [1.807, 2.05) is 13.2 Å². The predicted octanol–water partition coefficient (Wildman–Crippen LogP) is 2.43. The molecule has 2 unspecified atom stereocenters. The highest BCUT2D eigenvalue weighted by Gasteiger charge is 2.20. The predicted molar refractivity (Wildman–Crippen MR) is 76.4 cm³/mol. The lowest BCUT2D eigenvalue weighted by atomic mass is 10.2. The standard InChI is InChI=1S/C13H23N3OS/c1-4-11-9-16(6-5-7-17-11)13-15-8-12(18-13)10(2)14-3/h8,10-11,14H,4-7,9H2,1-3H3. The second kappa shape index (κ2) is 6.50. The van der Waals surface area contributed by atoms with E-state index < -0.39 is 0 Å². The van der Waals surface area contributed by atoms with Crippen molar-refractivity contribution in [2.45, 2.75) is 38.8 Å². The van der Waals surface area contributed by atoms with E-state index in [0.717, 1.165) is 37.7 Å². The maximum Gasteiger partial charge on any atom is 0.185 e. The highest BCUT2D eigenvalue weighted by Crippen LogP contribution is 2.28. The normalized spacial score (nSPS) is 22.8. The summed E-state index contributed by atoms with van der Waals surface area (Å²) in [5, 5.41) is 4.39. The van der Waals surface area contributed by atoms with E-state index in [-0.39, 0.29) is 0 Å².